The molecule has 0 aromatic heterocycles. The summed E-state index contributed by atoms with van der Waals surface area (Å²) in [6.07, 6.45) is -4.72. The molecule has 1 atom stereocenters. The second-order valence-electron chi connectivity index (χ2n) is 5.19. The van der Waals surface area contributed by atoms with Crippen LogP contribution >= 0.6 is 11.6 Å². The quantitative estimate of drug-likeness (QED) is 0.517. The first-order valence-electron chi connectivity index (χ1n) is 7.05. The molecule has 0 saturated heterocycles. The topological polar surface area (TPSA) is 35.5 Å². The van der Waals surface area contributed by atoms with Crippen LogP contribution < -0.4 is 4.74 Å². The Morgan fingerprint density at radius 2 is 1.88 bits per heavy atom. The molecule has 2 rings (SSSR count). The largest absolute Gasteiger partial charge is 0.469 e. The van der Waals surface area contributed by atoms with Gasteiger partial charge in [-0.1, -0.05) is 23.7 Å². The molecule has 0 saturated carbocycles. The van der Waals surface area contributed by atoms with Crippen LogP contribution in [0.15, 0.2) is 36.4 Å². The van der Waals surface area contributed by atoms with Crippen LogP contribution in [0.1, 0.15) is 24.0 Å². The summed E-state index contributed by atoms with van der Waals surface area (Å²) >= 11 is 5.73. The van der Waals surface area contributed by atoms with E-state index in [9.17, 15) is 22.4 Å². The van der Waals surface area contributed by atoms with E-state index in [0.29, 0.717) is 17.7 Å². The van der Waals surface area contributed by atoms with E-state index in [2.05, 4.69) is 4.74 Å². The number of hydrogen-bond donors (Lipinski definition) is 0. The van der Waals surface area contributed by atoms with Crippen molar-refractivity contribution in [3.05, 3.63) is 58.4 Å². The SMILES string of the molecule is COC(=O)C(C)c1cccc(Oc2c(F)cc(C(F)(F)F)cc2Cl)c1. The molecular formula is C17H13ClF4O3. The van der Waals surface area contributed by atoms with Crippen molar-refractivity contribution < 1.29 is 31.8 Å². The lowest BCUT2D eigenvalue weighted by atomic mass is 10.0. The molecule has 0 aliphatic heterocycles. The zero-order valence-electron chi connectivity index (χ0n) is 13.2. The molecule has 0 aliphatic rings. The van der Waals surface area contributed by atoms with Crippen molar-refractivity contribution in [2.24, 2.45) is 0 Å². The number of benzene rings is 2. The number of esters is 1. The van der Waals surface area contributed by atoms with Gasteiger partial charge in [-0.15, -0.1) is 0 Å². The molecule has 0 bridgehead atoms. The van der Waals surface area contributed by atoms with Crippen molar-refractivity contribution in [3.8, 4) is 11.5 Å². The summed E-state index contributed by atoms with van der Waals surface area (Å²) in [5, 5.41) is -0.515. The standard InChI is InChI=1S/C17H13ClF4O3/c1-9(16(23)24-2)10-4-3-5-12(6-10)25-15-13(18)7-11(8-14(15)19)17(20,21)22/h3-9H,1-2H3. The van der Waals surface area contributed by atoms with E-state index in [0.717, 1.165) is 0 Å². The van der Waals surface area contributed by atoms with Crippen molar-refractivity contribution in [2.45, 2.75) is 19.0 Å². The zero-order valence-corrected chi connectivity index (χ0v) is 13.9. The zero-order chi connectivity index (χ0) is 18.8. The summed E-state index contributed by atoms with van der Waals surface area (Å²) in [7, 11) is 1.25. The normalized spacial score (nSPS) is 12.6. The Balaban J connectivity index is 2.33. The Bertz CT molecular complexity index is 767. The van der Waals surface area contributed by atoms with Crippen molar-refractivity contribution >= 4 is 17.6 Å². The Morgan fingerprint density at radius 3 is 2.44 bits per heavy atom. The highest BCUT2D eigenvalue weighted by molar-refractivity contribution is 6.32. The molecule has 134 valence electrons. The minimum Gasteiger partial charge on any atom is -0.469 e. The van der Waals surface area contributed by atoms with Crippen LogP contribution in [0.25, 0.3) is 0 Å². The van der Waals surface area contributed by atoms with Crippen molar-refractivity contribution in [2.75, 3.05) is 7.11 Å². The van der Waals surface area contributed by atoms with Crippen molar-refractivity contribution in [3.63, 3.8) is 0 Å². The van der Waals surface area contributed by atoms with Crippen LogP contribution in [0.5, 0.6) is 11.5 Å². The number of carbonyl (C=O) groups is 1. The van der Waals surface area contributed by atoms with Gasteiger partial charge in [0, 0.05) is 0 Å². The lowest BCUT2D eigenvalue weighted by molar-refractivity contribution is -0.142. The van der Waals surface area contributed by atoms with E-state index in [1.807, 2.05) is 0 Å². The number of alkyl halides is 3. The van der Waals surface area contributed by atoms with Gasteiger partial charge in [0.05, 0.1) is 23.6 Å². The summed E-state index contributed by atoms with van der Waals surface area (Å²) in [6.45, 7) is 1.61. The maximum atomic E-state index is 14.0. The van der Waals surface area contributed by atoms with Crippen LogP contribution in [0.2, 0.25) is 5.02 Å². The molecular weight excluding hydrogens is 364 g/mol. The van der Waals surface area contributed by atoms with E-state index in [1.54, 1.807) is 19.1 Å². The third-order valence-electron chi connectivity index (χ3n) is 3.46. The van der Waals surface area contributed by atoms with Gasteiger partial charge in [0.2, 0.25) is 0 Å². The predicted molar refractivity (Wildman–Crippen MR) is 83.4 cm³/mol. The second kappa shape index (κ2) is 7.31. The summed E-state index contributed by atoms with van der Waals surface area (Å²) in [4.78, 5) is 11.6. The summed E-state index contributed by atoms with van der Waals surface area (Å²) < 4.78 is 61.9. The number of carbonyl (C=O) groups excluding carboxylic acids is 1. The average molecular weight is 377 g/mol. The molecule has 0 aliphatic carbocycles. The molecule has 0 radical (unpaired) electrons. The van der Waals surface area contributed by atoms with Crippen LogP contribution in [-0.2, 0) is 15.7 Å². The minimum absolute atomic E-state index is 0.119. The lowest BCUT2D eigenvalue weighted by Crippen LogP contribution is -2.10. The lowest BCUT2D eigenvalue weighted by Gasteiger charge is -2.14. The van der Waals surface area contributed by atoms with E-state index in [1.165, 1.54) is 19.2 Å². The average Bonchev–Trinajstić information content (AvgIpc) is 2.56. The van der Waals surface area contributed by atoms with Gasteiger partial charge >= 0.3 is 12.1 Å². The number of ether oxygens (including phenoxy) is 2. The molecule has 0 amide bonds. The van der Waals surface area contributed by atoms with E-state index >= 15 is 0 Å². The Kier molecular flexibility index (Phi) is 5.57. The fourth-order valence-electron chi connectivity index (χ4n) is 2.10. The third-order valence-corrected chi connectivity index (χ3v) is 3.74. The highest BCUT2D eigenvalue weighted by Crippen LogP contribution is 2.38. The molecule has 0 fully saturated rings. The monoisotopic (exact) mass is 376 g/mol. The molecule has 3 nitrogen and oxygen atoms in total. The first-order chi connectivity index (χ1) is 11.6. The highest BCUT2D eigenvalue weighted by Gasteiger charge is 2.32. The van der Waals surface area contributed by atoms with Gasteiger partial charge in [-0.05, 0) is 36.8 Å². The second-order valence-corrected chi connectivity index (χ2v) is 5.59. The molecule has 1 unspecified atom stereocenters. The van der Waals surface area contributed by atoms with Gasteiger partial charge < -0.3 is 9.47 Å². The van der Waals surface area contributed by atoms with Gasteiger partial charge in [0.1, 0.15) is 5.75 Å². The first kappa shape index (κ1) is 19.1. The van der Waals surface area contributed by atoms with Crippen LogP contribution in [0.4, 0.5) is 17.6 Å². The third kappa shape index (κ3) is 4.42. The Labute approximate surface area is 146 Å². The van der Waals surface area contributed by atoms with Crippen LogP contribution in [0.3, 0.4) is 0 Å². The van der Waals surface area contributed by atoms with Gasteiger partial charge in [0.15, 0.2) is 11.6 Å². The Hall–Kier alpha value is -2.28. The number of rotatable bonds is 4. The maximum Gasteiger partial charge on any atom is 0.416 e. The Morgan fingerprint density at radius 1 is 1.20 bits per heavy atom. The van der Waals surface area contributed by atoms with Gasteiger partial charge in [-0.25, -0.2) is 4.39 Å². The number of methoxy groups -OCH3 is 1. The van der Waals surface area contributed by atoms with Crippen molar-refractivity contribution in [1.29, 1.82) is 0 Å². The fourth-order valence-corrected chi connectivity index (χ4v) is 2.35. The predicted octanol–water partition coefficient (Wildman–Crippen LogP) is 5.57. The molecule has 2 aromatic rings. The van der Waals surface area contributed by atoms with Gasteiger partial charge in [-0.3, -0.25) is 4.79 Å². The van der Waals surface area contributed by atoms with Crippen LogP contribution in [0, 0.1) is 5.82 Å². The maximum absolute atomic E-state index is 14.0. The molecule has 2 aromatic carbocycles. The molecule has 0 spiro atoms. The van der Waals surface area contributed by atoms with Gasteiger partial charge in [0.25, 0.3) is 0 Å². The molecule has 25 heavy (non-hydrogen) atoms. The summed E-state index contributed by atoms with van der Waals surface area (Å²) in [6, 6.07) is 7.00. The smallest absolute Gasteiger partial charge is 0.416 e. The van der Waals surface area contributed by atoms with Gasteiger partial charge in [-0.2, -0.15) is 13.2 Å². The highest BCUT2D eigenvalue weighted by atomic mass is 35.5. The van der Waals surface area contributed by atoms with E-state index < -0.39 is 40.2 Å². The van der Waals surface area contributed by atoms with E-state index in [-0.39, 0.29) is 5.75 Å². The molecule has 0 heterocycles. The minimum atomic E-state index is -4.72. The van der Waals surface area contributed by atoms with Crippen molar-refractivity contribution in [1.82, 2.24) is 0 Å². The fraction of sp³-hybridized carbons (Fsp3) is 0.235. The summed E-state index contributed by atoms with van der Waals surface area (Å²) in [5.41, 5.74) is -0.678. The van der Waals surface area contributed by atoms with E-state index in [4.69, 9.17) is 16.3 Å². The summed E-state index contributed by atoms with van der Waals surface area (Å²) in [5.74, 6) is -2.73. The number of hydrogen-bond acceptors (Lipinski definition) is 3. The molecule has 8 heteroatoms. The van der Waals surface area contributed by atoms with Crippen LogP contribution in [-0.4, -0.2) is 13.1 Å². The first-order valence-corrected chi connectivity index (χ1v) is 7.43. The number of halogens is 5. The molecule has 0 N–H and O–H groups in total.